The van der Waals surface area contributed by atoms with Gasteiger partial charge in [-0.15, -0.1) is 0 Å². The number of rotatable bonds is 9. The molecule has 5 nitrogen and oxygen atoms in total. The molecule has 3 aromatic rings. The SMILES string of the molecule is CCOc1cc(C(=O)Nc2ccccc2OCCc2ccccc2)ccc1OC. The van der Waals surface area contributed by atoms with Crippen LogP contribution in [0.1, 0.15) is 22.8 Å². The number of anilines is 1. The lowest BCUT2D eigenvalue weighted by Gasteiger charge is -2.14. The third-order valence-corrected chi connectivity index (χ3v) is 4.35. The molecule has 0 heterocycles. The molecule has 0 fully saturated rings. The van der Waals surface area contributed by atoms with Crippen molar-refractivity contribution in [3.05, 3.63) is 83.9 Å². The van der Waals surface area contributed by atoms with Gasteiger partial charge in [0, 0.05) is 12.0 Å². The second kappa shape index (κ2) is 10.2. The molecule has 150 valence electrons. The summed E-state index contributed by atoms with van der Waals surface area (Å²) in [5, 5.41) is 2.92. The number of amides is 1. The van der Waals surface area contributed by atoms with Crippen LogP contribution in [0.2, 0.25) is 0 Å². The van der Waals surface area contributed by atoms with Crippen molar-refractivity contribution in [1.82, 2.24) is 0 Å². The van der Waals surface area contributed by atoms with Gasteiger partial charge in [0.15, 0.2) is 11.5 Å². The first-order chi connectivity index (χ1) is 14.2. The van der Waals surface area contributed by atoms with Gasteiger partial charge in [0.25, 0.3) is 5.91 Å². The van der Waals surface area contributed by atoms with Gasteiger partial charge in [-0.2, -0.15) is 0 Å². The first kappa shape index (κ1) is 20.3. The minimum absolute atomic E-state index is 0.243. The summed E-state index contributed by atoms with van der Waals surface area (Å²) in [6.07, 6.45) is 0.791. The Labute approximate surface area is 171 Å². The molecule has 0 aliphatic carbocycles. The lowest BCUT2D eigenvalue weighted by atomic mass is 10.1. The van der Waals surface area contributed by atoms with E-state index >= 15 is 0 Å². The minimum Gasteiger partial charge on any atom is -0.493 e. The van der Waals surface area contributed by atoms with E-state index in [0.29, 0.717) is 41.7 Å². The fraction of sp³-hybridized carbons (Fsp3) is 0.208. The van der Waals surface area contributed by atoms with Crippen LogP contribution in [0.5, 0.6) is 17.2 Å². The molecule has 1 amide bonds. The highest BCUT2D eigenvalue weighted by molar-refractivity contribution is 6.05. The summed E-state index contributed by atoms with van der Waals surface area (Å²) in [6, 6.07) is 22.7. The van der Waals surface area contributed by atoms with Gasteiger partial charge in [0.05, 0.1) is 26.0 Å². The molecule has 5 heteroatoms. The van der Waals surface area contributed by atoms with Crippen LogP contribution in [-0.4, -0.2) is 26.2 Å². The van der Waals surface area contributed by atoms with Crippen LogP contribution in [0.15, 0.2) is 72.8 Å². The molecule has 0 radical (unpaired) electrons. The Hall–Kier alpha value is -3.47. The van der Waals surface area contributed by atoms with Gasteiger partial charge in [-0.05, 0) is 42.8 Å². The van der Waals surface area contributed by atoms with E-state index in [1.54, 1.807) is 25.3 Å². The maximum absolute atomic E-state index is 12.8. The number of methoxy groups -OCH3 is 1. The molecule has 3 rings (SSSR count). The van der Waals surface area contributed by atoms with Crippen LogP contribution in [0.4, 0.5) is 5.69 Å². The van der Waals surface area contributed by atoms with Crippen LogP contribution in [-0.2, 0) is 6.42 Å². The van der Waals surface area contributed by atoms with Crippen LogP contribution < -0.4 is 19.5 Å². The monoisotopic (exact) mass is 391 g/mol. The molecule has 0 saturated carbocycles. The summed E-state index contributed by atoms with van der Waals surface area (Å²) < 4.78 is 16.7. The molecule has 0 spiro atoms. The maximum Gasteiger partial charge on any atom is 0.255 e. The van der Waals surface area contributed by atoms with Crippen LogP contribution >= 0.6 is 0 Å². The van der Waals surface area contributed by atoms with Crippen molar-refractivity contribution < 1.29 is 19.0 Å². The van der Waals surface area contributed by atoms with E-state index in [-0.39, 0.29) is 5.91 Å². The van der Waals surface area contributed by atoms with Gasteiger partial charge >= 0.3 is 0 Å². The first-order valence-electron chi connectivity index (χ1n) is 9.59. The van der Waals surface area contributed by atoms with E-state index in [4.69, 9.17) is 14.2 Å². The van der Waals surface area contributed by atoms with Crippen LogP contribution in [0, 0.1) is 0 Å². The molecule has 0 saturated heterocycles. The van der Waals surface area contributed by atoms with Crippen molar-refractivity contribution >= 4 is 11.6 Å². The second-order valence-electron chi connectivity index (χ2n) is 6.33. The number of para-hydroxylation sites is 2. The largest absolute Gasteiger partial charge is 0.493 e. The first-order valence-corrected chi connectivity index (χ1v) is 9.59. The standard InChI is InChI=1S/C24H25NO4/c1-3-28-23-17-19(13-14-22(23)27-2)24(26)25-20-11-7-8-12-21(20)29-16-15-18-9-5-4-6-10-18/h4-14,17H,3,15-16H2,1-2H3,(H,25,26). The molecule has 0 unspecified atom stereocenters. The number of benzene rings is 3. The molecule has 29 heavy (non-hydrogen) atoms. The molecule has 0 aliphatic heterocycles. The summed E-state index contributed by atoms with van der Waals surface area (Å²) in [4.78, 5) is 12.8. The van der Waals surface area contributed by atoms with Crippen molar-refractivity contribution in [2.45, 2.75) is 13.3 Å². The minimum atomic E-state index is -0.243. The Bertz CT molecular complexity index is 941. The zero-order chi connectivity index (χ0) is 20.5. The highest BCUT2D eigenvalue weighted by Crippen LogP contribution is 2.29. The zero-order valence-electron chi connectivity index (χ0n) is 16.7. The topological polar surface area (TPSA) is 56.8 Å². The van der Waals surface area contributed by atoms with Crippen molar-refractivity contribution in [2.75, 3.05) is 25.6 Å². The Morgan fingerprint density at radius 2 is 1.62 bits per heavy atom. The number of hydrogen-bond donors (Lipinski definition) is 1. The molecule has 3 aromatic carbocycles. The van der Waals surface area contributed by atoms with Gasteiger partial charge < -0.3 is 19.5 Å². The Morgan fingerprint density at radius 1 is 0.862 bits per heavy atom. The molecule has 0 aliphatic rings. The summed E-state index contributed by atoms with van der Waals surface area (Å²) in [7, 11) is 1.57. The number of nitrogens with one attached hydrogen (secondary N) is 1. The fourth-order valence-corrected chi connectivity index (χ4v) is 2.90. The van der Waals surface area contributed by atoms with Gasteiger partial charge in [-0.25, -0.2) is 0 Å². The predicted molar refractivity (Wildman–Crippen MR) is 114 cm³/mol. The molecule has 0 bridgehead atoms. The summed E-state index contributed by atoms with van der Waals surface area (Å²) in [5.74, 6) is 1.52. The summed E-state index contributed by atoms with van der Waals surface area (Å²) in [5.41, 5.74) is 2.31. The third kappa shape index (κ3) is 5.51. The average molecular weight is 391 g/mol. The van der Waals surface area contributed by atoms with Crippen molar-refractivity contribution in [3.63, 3.8) is 0 Å². The van der Waals surface area contributed by atoms with E-state index in [2.05, 4.69) is 17.4 Å². The number of ether oxygens (including phenoxy) is 3. The highest BCUT2D eigenvalue weighted by atomic mass is 16.5. The summed E-state index contributed by atoms with van der Waals surface area (Å²) >= 11 is 0. The normalized spacial score (nSPS) is 10.3. The van der Waals surface area contributed by atoms with Crippen molar-refractivity contribution in [2.24, 2.45) is 0 Å². The van der Waals surface area contributed by atoms with E-state index < -0.39 is 0 Å². The number of carbonyl (C=O) groups is 1. The maximum atomic E-state index is 12.8. The molecule has 1 N–H and O–H groups in total. The molecular formula is C24H25NO4. The fourth-order valence-electron chi connectivity index (χ4n) is 2.90. The molecule has 0 atom stereocenters. The van der Waals surface area contributed by atoms with Crippen LogP contribution in [0.25, 0.3) is 0 Å². The van der Waals surface area contributed by atoms with Gasteiger partial charge in [-0.3, -0.25) is 4.79 Å². The Balaban J connectivity index is 1.68. The van der Waals surface area contributed by atoms with Gasteiger partial charge in [0.1, 0.15) is 5.75 Å². The second-order valence-corrected chi connectivity index (χ2v) is 6.33. The van der Waals surface area contributed by atoms with Gasteiger partial charge in [-0.1, -0.05) is 42.5 Å². The third-order valence-electron chi connectivity index (χ3n) is 4.35. The Kier molecular flexibility index (Phi) is 7.11. The van der Waals surface area contributed by atoms with E-state index in [1.165, 1.54) is 5.56 Å². The number of carbonyl (C=O) groups excluding carboxylic acids is 1. The van der Waals surface area contributed by atoms with E-state index in [9.17, 15) is 4.79 Å². The van der Waals surface area contributed by atoms with Crippen molar-refractivity contribution in [3.8, 4) is 17.2 Å². The smallest absolute Gasteiger partial charge is 0.255 e. The zero-order valence-corrected chi connectivity index (χ0v) is 16.7. The highest BCUT2D eigenvalue weighted by Gasteiger charge is 2.13. The average Bonchev–Trinajstić information content (AvgIpc) is 2.76. The molecule has 0 aromatic heterocycles. The van der Waals surface area contributed by atoms with E-state index in [1.807, 2.05) is 49.4 Å². The Morgan fingerprint density at radius 3 is 2.38 bits per heavy atom. The lowest BCUT2D eigenvalue weighted by molar-refractivity contribution is 0.102. The van der Waals surface area contributed by atoms with Crippen LogP contribution in [0.3, 0.4) is 0 Å². The van der Waals surface area contributed by atoms with Gasteiger partial charge in [0.2, 0.25) is 0 Å². The molecular weight excluding hydrogens is 366 g/mol. The number of hydrogen-bond acceptors (Lipinski definition) is 4. The quantitative estimate of drug-likeness (QED) is 0.560. The van der Waals surface area contributed by atoms with E-state index in [0.717, 1.165) is 6.42 Å². The predicted octanol–water partition coefficient (Wildman–Crippen LogP) is 4.97. The lowest BCUT2D eigenvalue weighted by Crippen LogP contribution is -2.13. The summed E-state index contributed by atoms with van der Waals surface area (Å²) in [6.45, 7) is 2.89. The van der Waals surface area contributed by atoms with Crippen molar-refractivity contribution in [1.29, 1.82) is 0 Å².